The third-order valence-corrected chi connectivity index (χ3v) is 2.35. The molecule has 0 aromatic carbocycles. The minimum atomic E-state index is 0.949. The van der Waals surface area contributed by atoms with Crippen molar-refractivity contribution >= 4 is 0 Å². The zero-order chi connectivity index (χ0) is 5.56. The molecule has 2 bridgehead atoms. The van der Waals surface area contributed by atoms with E-state index in [1.54, 1.807) is 5.57 Å². The topological polar surface area (TPSA) is 0 Å². The normalized spacial score (nSPS) is 34.9. The number of hydrogen-bond donors (Lipinski definition) is 0. The molecule has 0 aliphatic heterocycles. The SMILES string of the molecule is [CH]C1=C2CCC(C1)C2. The van der Waals surface area contributed by atoms with Crippen LogP contribution in [-0.4, -0.2) is 0 Å². The van der Waals surface area contributed by atoms with Gasteiger partial charge in [0.05, 0.1) is 0 Å². The van der Waals surface area contributed by atoms with Crippen molar-refractivity contribution in [2.45, 2.75) is 25.7 Å². The Kier molecular flexibility index (Phi) is 0.787. The van der Waals surface area contributed by atoms with Crippen molar-refractivity contribution in [3.63, 3.8) is 0 Å². The van der Waals surface area contributed by atoms with E-state index in [9.17, 15) is 0 Å². The first-order valence-corrected chi connectivity index (χ1v) is 3.32. The lowest BCUT2D eigenvalue weighted by molar-refractivity contribution is 0.567. The fourth-order valence-corrected chi connectivity index (χ4v) is 1.85. The monoisotopic (exact) mass is 106 g/mol. The highest BCUT2D eigenvalue weighted by atomic mass is 14.3. The molecule has 0 spiro atoms. The van der Waals surface area contributed by atoms with Gasteiger partial charge in [0.1, 0.15) is 0 Å². The molecule has 1 fully saturated rings. The number of allylic oxidation sites excluding steroid dienone is 2. The summed E-state index contributed by atoms with van der Waals surface area (Å²) in [4.78, 5) is 0. The van der Waals surface area contributed by atoms with E-state index < -0.39 is 0 Å². The van der Waals surface area contributed by atoms with Crippen LogP contribution >= 0.6 is 0 Å². The Hall–Kier alpha value is -0.260. The van der Waals surface area contributed by atoms with Gasteiger partial charge in [0.15, 0.2) is 0 Å². The minimum absolute atomic E-state index is 0.949. The molecule has 2 aliphatic carbocycles. The van der Waals surface area contributed by atoms with Crippen LogP contribution in [0.15, 0.2) is 11.1 Å². The van der Waals surface area contributed by atoms with Crippen LogP contribution in [0.1, 0.15) is 25.7 Å². The van der Waals surface area contributed by atoms with Gasteiger partial charge in [-0.15, -0.1) is 0 Å². The first-order valence-electron chi connectivity index (χ1n) is 3.32. The van der Waals surface area contributed by atoms with Crippen LogP contribution < -0.4 is 0 Å². The van der Waals surface area contributed by atoms with Gasteiger partial charge in [-0.05, 0) is 38.5 Å². The minimum Gasteiger partial charge on any atom is -0.0704 e. The molecule has 1 saturated carbocycles. The van der Waals surface area contributed by atoms with Crippen LogP contribution in [0.5, 0.6) is 0 Å². The summed E-state index contributed by atoms with van der Waals surface area (Å²) < 4.78 is 0. The summed E-state index contributed by atoms with van der Waals surface area (Å²) in [5, 5.41) is 0. The molecule has 0 N–H and O–H groups in total. The molecular weight excluding hydrogens is 96.1 g/mol. The molecule has 0 amide bonds. The Morgan fingerprint density at radius 1 is 1.38 bits per heavy atom. The second-order valence-electron chi connectivity index (χ2n) is 2.94. The predicted molar refractivity (Wildman–Crippen MR) is 33.3 cm³/mol. The zero-order valence-corrected chi connectivity index (χ0v) is 4.98. The van der Waals surface area contributed by atoms with Crippen LogP contribution in [0.4, 0.5) is 0 Å². The molecule has 2 radical (unpaired) electrons. The molecule has 2 aliphatic rings. The summed E-state index contributed by atoms with van der Waals surface area (Å²) in [6, 6.07) is 0. The van der Waals surface area contributed by atoms with Gasteiger partial charge in [0, 0.05) is 0 Å². The summed E-state index contributed by atoms with van der Waals surface area (Å²) >= 11 is 0. The molecule has 0 saturated heterocycles. The van der Waals surface area contributed by atoms with Gasteiger partial charge in [-0.3, -0.25) is 0 Å². The van der Waals surface area contributed by atoms with Gasteiger partial charge >= 0.3 is 0 Å². The van der Waals surface area contributed by atoms with Gasteiger partial charge < -0.3 is 0 Å². The van der Waals surface area contributed by atoms with E-state index in [2.05, 4.69) is 0 Å². The Morgan fingerprint density at radius 3 is 2.50 bits per heavy atom. The van der Waals surface area contributed by atoms with E-state index in [1.807, 2.05) is 0 Å². The maximum absolute atomic E-state index is 5.70. The highest BCUT2D eigenvalue weighted by Crippen LogP contribution is 2.43. The van der Waals surface area contributed by atoms with Gasteiger partial charge in [-0.25, -0.2) is 0 Å². The molecule has 0 heteroatoms. The number of hydrogen-bond acceptors (Lipinski definition) is 0. The molecule has 1 atom stereocenters. The van der Waals surface area contributed by atoms with Crippen molar-refractivity contribution in [1.82, 2.24) is 0 Å². The van der Waals surface area contributed by atoms with Gasteiger partial charge in [-0.1, -0.05) is 11.1 Å². The largest absolute Gasteiger partial charge is 0.0704 e. The van der Waals surface area contributed by atoms with Crippen molar-refractivity contribution in [3.8, 4) is 0 Å². The summed E-state index contributed by atoms with van der Waals surface area (Å²) in [6.45, 7) is 5.70. The van der Waals surface area contributed by atoms with Crippen molar-refractivity contribution in [1.29, 1.82) is 0 Å². The summed E-state index contributed by atoms with van der Waals surface area (Å²) in [5.41, 5.74) is 2.77. The van der Waals surface area contributed by atoms with Crippen molar-refractivity contribution in [2.75, 3.05) is 0 Å². The lowest BCUT2D eigenvalue weighted by Crippen LogP contribution is -1.90. The van der Waals surface area contributed by atoms with Crippen LogP contribution in [0, 0.1) is 12.8 Å². The zero-order valence-electron chi connectivity index (χ0n) is 4.98. The van der Waals surface area contributed by atoms with Gasteiger partial charge in [-0.2, -0.15) is 0 Å². The van der Waals surface area contributed by atoms with Gasteiger partial charge in [0.25, 0.3) is 0 Å². The van der Waals surface area contributed by atoms with Gasteiger partial charge in [0.2, 0.25) is 0 Å². The second-order valence-corrected chi connectivity index (χ2v) is 2.94. The van der Waals surface area contributed by atoms with E-state index in [4.69, 9.17) is 6.92 Å². The fraction of sp³-hybridized carbons (Fsp3) is 0.625. The lowest BCUT2D eigenvalue weighted by Gasteiger charge is -2.05. The number of fused-ring (bicyclic) bond motifs is 2. The molecule has 0 aromatic heterocycles. The molecule has 0 heterocycles. The van der Waals surface area contributed by atoms with Crippen LogP contribution in [0.3, 0.4) is 0 Å². The molecule has 0 aromatic rings. The van der Waals surface area contributed by atoms with E-state index in [0.29, 0.717) is 0 Å². The molecular formula is C8H10. The third-order valence-electron chi connectivity index (χ3n) is 2.35. The molecule has 8 heavy (non-hydrogen) atoms. The summed E-state index contributed by atoms with van der Waals surface area (Å²) in [6.07, 6.45) is 5.24. The molecule has 2 rings (SSSR count). The highest BCUT2D eigenvalue weighted by Gasteiger charge is 2.27. The maximum Gasteiger partial charge on any atom is -0.00570 e. The Balaban J connectivity index is 2.33. The van der Waals surface area contributed by atoms with E-state index in [0.717, 1.165) is 5.92 Å². The standard InChI is InChI=1S/C8H10/c1-6-4-7-2-3-8(6)5-7/h1,7H,2-5H2. The van der Waals surface area contributed by atoms with Crippen molar-refractivity contribution in [2.24, 2.45) is 5.92 Å². The number of rotatable bonds is 0. The lowest BCUT2D eigenvalue weighted by atomic mass is 10.0. The average molecular weight is 106 g/mol. The average Bonchev–Trinajstić information content (AvgIpc) is 2.23. The van der Waals surface area contributed by atoms with Crippen LogP contribution in [0.2, 0.25) is 0 Å². The van der Waals surface area contributed by atoms with E-state index in [1.165, 1.54) is 31.3 Å². The summed E-state index contributed by atoms with van der Waals surface area (Å²) in [7, 11) is 0. The smallest absolute Gasteiger partial charge is 0.00570 e. The van der Waals surface area contributed by atoms with E-state index in [-0.39, 0.29) is 0 Å². The second kappa shape index (κ2) is 1.37. The van der Waals surface area contributed by atoms with Crippen LogP contribution in [0.25, 0.3) is 0 Å². The Morgan fingerprint density at radius 2 is 2.25 bits per heavy atom. The molecule has 0 nitrogen and oxygen atoms in total. The van der Waals surface area contributed by atoms with Crippen molar-refractivity contribution < 1.29 is 0 Å². The quantitative estimate of drug-likeness (QED) is 0.444. The maximum atomic E-state index is 5.70. The van der Waals surface area contributed by atoms with Crippen molar-refractivity contribution in [3.05, 3.63) is 18.1 Å². The summed E-state index contributed by atoms with van der Waals surface area (Å²) in [5.74, 6) is 0.949. The Bertz CT molecular complexity index is 140. The third kappa shape index (κ3) is 0.460. The molecule has 1 unspecified atom stereocenters. The predicted octanol–water partition coefficient (Wildman–Crippen LogP) is 2.20. The van der Waals surface area contributed by atoms with E-state index >= 15 is 0 Å². The highest BCUT2D eigenvalue weighted by molar-refractivity contribution is 5.27. The van der Waals surface area contributed by atoms with Crippen LogP contribution in [-0.2, 0) is 0 Å². The Labute approximate surface area is 50.6 Å². The molecule has 42 valence electrons. The first kappa shape index (κ1) is 4.60. The fourth-order valence-electron chi connectivity index (χ4n) is 1.85. The first-order chi connectivity index (χ1) is 3.86.